The van der Waals surface area contributed by atoms with Gasteiger partial charge in [0, 0.05) is 10.2 Å². The van der Waals surface area contributed by atoms with Crippen LogP contribution >= 0.6 is 15.9 Å². The number of hydrogen-bond acceptors (Lipinski definition) is 2. The Morgan fingerprint density at radius 2 is 1.81 bits per heavy atom. The second-order valence-electron chi connectivity index (χ2n) is 5.03. The molecule has 0 bridgehead atoms. The Bertz CT molecular complexity index is 638. The number of ether oxygens (including phenoxy) is 1. The van der Waals surface area contributed by atoms with Gasteiger partial charge in [0.2, 0.25) is 0 Å². The molecular weight excluding hydrogens is 330 g/mol. The molecular formula is C17H18BrNO2. The number of anilines is 1. The van der Waals surface area contributed by atoms with Crippen molar-refractivity contribution in [3.05, 3.63) is 58.1 Å². The Labute approximate surface area is 133 Å². The third kappa shape index (κ3) is 4.33. The van der Waals surface area contributed by atoms with Crippen molar-refractivity contribution in [2.75, 3.05) is 5.32 Å². The molecule has 4 heteroatoms. The molecule has 0 aromatic heterocycles. The molecule has 0 radical (unpaired) electrons. The van der Waals surface area contributed by atoms with E-state index in [1.807, 2.05) is 56.3 Å². The zero-order chi connectivity index (χ0) is 15.4. The molecule has 1 atom stereocenters. The van der Waals surface area contributed by atoms with Crippen molar-refractivity contribution >= 4 is 27.5 Å². The topological polar surface area (TPSA) is 38.3 Å². The Kier molecular flexibility index (Phi) is 5.02. The van der Waals surface area contributed by atoms with Gasteiger partial charge in [0.15, 0.2) is 6.10 Å². The van der Waals surface area contributed by atoms with Crippen LogP contribution in [-0.2, 0) is 4.79 Å². The van der Waals surface area contributed by atoms with Gasteiger partial charge in [0.05, 0.1) is 0 Å². The van der Waals surface area contributed by atoms with Crippen LogP contribution in [-0.4, -0.2) is 12.0 Å². The summed E-state index contributed by atoms with van der Waals surface area (Å²) in [5, 5.41) is 2.84. The fourth-order valence-corrected chi connectivity index (χ4v) is 2.12. The number of aryl methyl sites for hydroxylation is 2. The number of amides is 1. The van der Waals surface area contributed by atoms with Crippen molar-refractivity contribution in [2.24, 2.45) is 0 Å². The zero-order valence-corrected chi connectivity index (χ0v) is 13.9. The lowest BCUT2D eigenvalue weighted by atomic mass is 10.1. The minimum absolute atomic E-state index is 0.168. The van der Waals surface area contributed by atoms with Gasteiger partial charge >= 0.3 is 0 Å². The van der Waals surface area contributed by atoms with E-state index in [-0.39, 0.29) is 5.91 Å². The number of benzene rings is 2. The highest BCUT2D eigenvalue weighted by Crippen LogP contribution is 2.21. The smallest absolute Gasteiger partial charge is 0.265 e. The van der Waals surface area contributed by atoms with E-state index in [4.69, 9.17) is 4.74 Å². The maximum absolute atomic E-state index is 12.2. The number of halogens is 1. The predicted octanol–water partition coefficient (Wildman–Crippen LogP) is 4.47. The number of hydrogen-bond donors (Lipinski definition) is 1. The third-order valence-electron chi connectivity index (χ3n) is 3.13. The standard InChI is InChI=1S/C17H18BrNO2/c1-11-4-5-12(2)16(10-11)21-13(3)17(20)19-15-8-6-14(18)7-9-15/h4-10,13H,1-3H3,(H,19,20)/t13-/m1/s1. The summed E-state index contributed by atoms with van der Waals surface area (Å²) in [4.78, 5) is 12.2. The normalized spacial score (nSPS) is 11.8. The van der Waals surface area contributed by atoms with E-state index >= 15 is 0 Å². The van der Waals surface area contributed by atoms with E-state index in [9.17, 15) is 4.79 Å². The van der Waals surface area contributed by atoms with Crippen LogP contribution in [0.25, 0.3) is 0 Å². The third-order valence-corrected chi connectivity index (χ3v) is 3.66. The maximum atomic E-state index is 12.2. The van der Waals surface area contributed by atoms with E-state index in [1.165, 1.54) is 0 Å². The van der Waals surface area contributed by atoms with Gasteiger partial charge in [0.25, 0.3) is 5.91 Å². The fourth-order valence-electron chi connectivity index (χ4n) is 1.86. The second kappa shape index (κ2) is 6.76. The monoisotopic (exact) mass is 347 g/mol. The first-order valence-electron chi connectivity index (χ1n) is 6.76. The van der Waals surface area contributed by atoms with Crippen LogP contribution in [0.1, 0.15) is 18.1 Å². The molecule has 0 fully saturated rings. The molecule has 2 rings (SSSR count). The van der Waals surface area contributed by atoms with Crippen molar-refractivity contribution in [2.45, 2.75) is 26.9 Å². The Hall–Kier alpha value is -1.81. The van der Waals surface area contributed by atoms with Crippen molar-refractivity contribution in [1.82, 2.24) is 0 Å². The number of rotatable bonds is 4. The van der Waals surface area contributed by atoms with Gasteiger partial charge in [-0.3, -0.25) is 4.79 Å². The molecule has 0 unspecified atom stereocenters. The first kappa shape index (κ1) is 15.6. The fraction of sp³-hybridized carbons (Fsp3) is 0.235. The van der Waals surface area contributed by atoms with E-state index < -0.39 is 6.10 Å². The van der Waals surface area contributed by atoms with Crippen LogP contribution in [0.4, 0.5) is 5.69 Å². The summed E-state index contributed by atoms with van der Waals surface area (Å²) in [6.07, 6.45) is -0.561. The quantitative estimate of drug-likeness (QED) is 0.885. The van der Waals surface area contributed by atoms with E-state index in [0.717, 1.165) is 27.0 Å². The average Bonchev–Trinajstić information content (AvgIpc) is 2.45. The molecule has 110 valence electrons. The van der Waals surface area contributed by atoms with Crippen molar-refractivity contribution in [3.8, 4) is 5.75 Å². The van der Waals surface area contributed by atoms with Gasteiger partial charge in [-0.2, -0.15) is 0 Å². The first-order valence-corrected chi connectivity index (χ1v) is 7.55. The molecule has 0 aliphatic rings. The molecule has 0 aliphatic carbocycles. The SMILES string of the molecule is Cc1ccc(C)c(O[C@H](C)C(=O)Nc2ccc(Br)cc2)c1. The predicted molar refractivity (Wildman–Crippen MR) is 88.8 cm³/mol. The lowest BCUT2D eigenvalue weighted by Crippen LogP contribution is -2.30. The molecule has 1 N–H and O–H groups in total. The van der Waals surface area contributed by atoms with Crippen LogP contribution in [0.2, 0.25) is 0 Å². The Morgan fingerprint density at radius 1 is 1.14 bits per heavy atom. The largest absolute Gasteiger partial charge is 0.481 e. The van der Waals surface area contributed by atoms with Gasteiger partial charge in [0.1, 0.15) is 5.75 Å². The molecule has 0 aliphatic heterocycles. The highest BCUT2D eigenvalue weighted by atomic mass is 79.9. The molecule has 0 heterocycles. The second-order valence-corrected chi connectivity index (χ2v) is 5.94. The number of carbonyl (C=O) groups is 1. The Balaban J connectivity index is 2.02. The highest BCUT2D eigenvalue weighted by molar-refractivity contribution is 9.10. The summed E-state index contributed by atoms with van der Waals surface area (Å²) in [6, 6.07) is 13.4. The molecule has 21 heavy (non-hydrogen) atoms. The van der Waals surface area contributed by atoms with Gasteiger partial charge < -0.3 is 10.1 Å². The Morgan fingerprint density at radius 3 is 2.48 bits per heavy atom. The van der Waals surface area contributed by atoms with Crippen LogP contribution in [0.3, 0.4) is 0 Å². The minimum atomic E-state index is -0.561. The minimum Gasteiger partial charge on any atom is -0.481 e. The van der Waals surface area contributed by atoms with Crippen molar-refractivity contribution < 1.29 is 9.53 Å². The first-order chi connectivity index (χ1) is 9.95. The molecule has 0 saturated carbocycles. The molecule has 0 saturated heterocycles. The summed E-state index contributed by atoms with van der Waals surface area (Å²) < 4.78 is 6.73. The van der Waals surface area contributed by atoms with E-state index in [0.29, 0.717) is 0 Å². The lowest BCUT2D eigenvalue weighted by molar-refractivity contribution is -0.122. The summed E-state index contributed by atoms with van der Waals surface area (Å²) in [5.74, 6) is 0.576. The molecule has 2 aromatic carbocycles. The van der Waals surface area contributed by atoms with Gasteiger partial charge in [-0.05, 0) is 62.2 Å². The number of carbonyl (C=O) groups excluding carboxylic acids is 1. The summed E-state index contributed by atoms with van der Waals surface area (Å²) in [5.41, 5.74) is 2.87. The molecule has 1 amide bonds. The summed E-state index contributed by atoms with van der Waals surface area (Å²) in [7, 11) is 0. The van der Waals surface area contributed by atoms with Gasteiger partial charge in [-0.15, -0.1) is 0 Å². The van der Waals surface area contributed by atoms with Crippen LogP contribution in [0.5, 0.6) is 5.75 Å². The van der Waals surface area contributed by atoms with Crippen LogP contribution in [0, 0.1) is 13.8 Å². The zero-order valence-electron chi connectivity index (χ0n) is 12.3. The van der Waals surface area contributed by atoms with Gasteiger partial charge in [-0.1, -0.05) is 28.1 Å². The van der Waals surface area contributed by atoms with Crippen LogP contribution in [0.15, 0.2) is 46.9 Å². The highest BCUT2D eigenvalue weighted by Gasteiger charge is 2.15. The van der Waals surface area contributed by atoms with Crippen molar-refractivity contribution in [3.63, 3.8) is 0 Å². The molecule has 2 aromatic rings. The van der Waals surface area contributed by atoms with Gasteiger partial charge in [-0.25, -0.2) is 0 Å². The van der Waals surface area contributed by atoms with Crippen molar-refractivity contribution in [1.29, 1.82) is 0 Å². The number of nitrogens with one attached hydrogen (secondary N) is 1. The maximum Gasteiger partial charge on any atom is 0.265 e. The van der Waals surface area contributed by atoms with E-state index in [1.54, 1.807) is 6.92 Å². The lowest BCUT2D eigenvalue weighted by Gasteiger charge is -2.16. The van der Waals surface area contributed by atoms with Crippen LogP contribution < -0.4 is 10.1 Å². The summed E-state index contributed by atoms with van der Waals surface area (Å²) in [6.45, 7) is 5.71. The van der Waals surface area contributed by atoms with E-state index in [2.05, 4.69) is 21.2 Å². The molecule has 3 nitrogen and oxygen atoms in total. The summed E-state index contributed by atoms with van der Waals surface area (Å²) >= 11 is 3.36. The molecule has 0 spiro atoms. The average molecular weight is 348 g/mol.